The van der Waals surface area contributed by atoms with Gasteiger partial charge in [0.2, 0.25) is 11.8 Å². The summed E-state index contributed by atoms with van der Waals surface area (Å²) in [6.07, 6.45) is 2.55. The monoisotopic (exact) mass is 461 g/mol. The number of likely N-dealkylation sites (N-methyl/N-ethyl adjacent to an activating group) is 1. The Kier molecular flexibility index (Phi) is 9.62. The van der Waals surface area contributed by atoms with Gasteiger partial charge < -0.3 is 20.4 Å². The number of hydrogen-bond acceptors (Lipinski definition) is 5. The Morgan fingerprint density at radius 1 is 1.09 bits per heavy atom. The number of aromatic nitrogens is 1. The fourth-order valence-electron chi connectivity index (χ4n) is 3.75. The molecule has 0 unspecified atom stereocenters. The van der Waals surface area contributed by atoms with Gasteiger partial charge in [-0.2, -0.15) is 12.6 Å². The molecular formula is C24H35N3O4S. The molecule has 0 aliphatic rings. The van der Waals surface area contributed by atoms with Gasteiger partial charge in [0.15, 0.2) is 0 Å². The van der Waals surface area contributed by atoms with Gasteiger partial charge in [-0.15, -0.1) is 0 Å². The Bertz CT molecular complexity index is 925. The van der Waals surface area contributed by atoms with E-state index in [1.165, 1.54) is 0 Å². The highest BCUT2D eigenvalue weighted by atomic mass is 32.1. The fraction of sp³-hybridized carbons (Fsp3) is 0.542. The molecule has 0 spiro atoms. The summed E-state index contributed by atoms with van der Waals surface area (Å²) in [6, 6.07) is 7.08. The van der Waals surface area contributed by atoms with Gasteiger partial charge in [0.05, 0.1) is 18.4 Å². The summed E-state index contributed by atoms with van der Waals surface area (Å²) >= 11 is 4.57. The Balaban J connectivity index is 2.18. The molecule has 0 saturated heterocycles. The molecule has 1 aromatic carbocycles. The third kappa shape index (κ3) is 7.29. The second kappa shape index (κ2) is 11.9. The summed E-state index contributed by atoms with van der Waals surface area (Å²) in [6.45, 7) is 7.58. The average Bonchev–Trinajstić information content (AvgIpc) is 3.12. The van der Waals surface area contributed by atoms with Crippen LogP contribution in [0, 0.1) is 11.8 Å². The van der Waals surface area contributed by atoms with E-state index in [2.05, 4.69) is 28.2 Å². The maximum absolute atomic E-state index is 13.2. The molecule has 3 atom stereocenters. The maximum Gasteiger partial charge on any atom is 0.307 e. The van der Waals surface area contributed by atoms with E-state index in [1.54, 1.807) is 20.9 Å². The Morgan fingerprint density at radius 2 is 1.78 bits per heavy atom. The van der Waals surface area contributed by atoms with Gasteiger partial charge in [-0.05, 0) is 37.8 Å². The van der Waals surface area contributed by atoms with E-state index in [9.17, 15) is 14.4 Å². The van der Waals surface area contributed by atoms with Gasteiger partial charge in [0.25, 0.3) is 0 Å². The number of carbonyl (C=O) groups excluding carboxylic acids is 3. The van der Waals surface area contributed by atoms with Crippen LogP contribution in [0.3, 0.4) is 0 Å². The number of carbonyl (C=O) groups is 3. The van der Waals surface area contributed by atoms with Crippen LogP contribution in [0.1, 0.15) is 46.1 Å². The molecule has 1 aromatic heterocycles. The molecule has 0 bridgehead atoms. The first-order chi connectivity index (χ1) is 15.1. The van der Waals surface area contributed by atoms with E-state index in [0.29, 0.717) is 12.8 Å². The minimum absolute atomic E-state index is 0.0270. The molecule has 2 aromatic rings. The topological polar surface area (TPSA) is 100 Å². The third-order valence-corrected chi connectivity index (χ3v) is 5.79. The first-order valence-electron chi connectivity index (χ1n) is 11.1. The zero-order valence-corrected chi connectivity index (χ0v) is 20.4. The van der Waals surface area contributed by atoms with Crippen molar-refractivity contribution >= 4 is 41.3 Å². The fourth-order valence-corrected chi connectivity index (χ4v) is 4.16. The lowest BCUT2D eigenvalue weighted by Crippen LogP contribution is -2.50. The molecule has 0 aliphatic heterocycles. The second-order valence-electron chi connectivity index (χ2n) is 8.79. The highest BCUT2D eigenvalue weighted by molar-refractivity contribution is 7.81. The first-order valence-corrected chi connectivity index (χ1v) is 11.6. The van der Waals surface area contributed by atoms with Crippen molar-refractivity contribution in [1.82, 2.24) is 15.6 Å². The zero-order valence-electron chi connectivity index (χ0n) is 19.5. The smallest absolute Gasteiger partial charge is 0.307 e. The van der Waals surface area contributed by atoms with Crippen LogP contribution in [0.4, 0.5) is 0 Å². The van der Waals surface area contributed by atoms with Crippen LogP contribution < -0.4 is 10.6 Å². The Labute approximate surface area is 195 Å². The lowest BCUT2D eigenvalue weighted by molar-refractivity contribution is -0.147. The lowest BCUT2D eigenvalue weighted by atomic mass is 9.91. The number of esters is 1. The predicted octanol–water partition coefficient (Wildman–Crippen LogP) is 3.24. The summed E-state index contributed by atoms with van der Waals surface area (Å²) in [5, 5.41) is 6.04. The number of hydrogen-bond donors (Lipinski definition) is 4. The van der Waals surface area contributed by atoms with Crippen molar-refractivity contribution in [1.29, 1.82) is 0 Å². The summed E-state index contributed by atoms with van der Waals surface area (Å²) in [7, 11) is 1.55. The average molecular weight is 462 g/mol. The standard InChI is InChI=1S/C24H35N3O4S/c1-14(2)10-18(21(32)12-22(28)31-15(3)4)23(29)27-20(24(30)25-5)11-16-13-26-19-9-7-6-8-17(16)19/h6-9,13-15,18,20-21,26,32H,10-12H2,1-5H3,(H,25,30)(H,27,29)/t18-,20+,21+/m1/s1. The van der Waals surface area contributed by atoms with E-state index < -0.39 is 17.2 Å². The van der Waals surface area contributed by atoms with E-state index >= 15 is 0 Å². The minimum Gasteiger partial charge on any atom is -0.463 e. The van der Waals surface area contributed by atoms with Crippen molar-refractivity contribution in [3.63, 3.8) is 0 Å². The Morgan fingerprint density at radius 3 is 2.41 bits per heavy atom. The SMILES string of the molecule is CNC(=O)[C@H](Cc1c[nH]c2ccccc12)NC(=O)[C@H](CC(C)C)[C@@H](S)CC(=O)OC(C)C. The van der Waals surface area contributed by atoms with Crippen molar-refractivity contribution in [3.05, 3.63) is 36.0 Å². The van der Waals surface area contributed by atoms with Gasteiger partial charge in [-0.1, -0.05) is 32.0 Å². The van der Waals surface area contributed by atoms with Crippen LogP contribution in [0.5, 0.6) is 0 Å². The molecule has 8 heteroatoms. The lowest BCUT2D eigenvalue weighted by Gasteiger charge is -2.26. The van der Waals surface area contributed by atoms with Crippen LogP contribution in [0.2, 0.25) is 0 Å². The van der Waals surface area contributed by atoms with Crippen molar-refractivity contribution < 1.29 is 19.1 Å². The summed E-state index contributed by atoms with van der Waals surface area (Å²) in [5.74, 6) is -1.27. The van der Waals surface area contributed by atoms with Crippen LogP contribution in [0.25, 0.3) is 10.9 Å². The van der Waals surface area contributed by atoms with Crippen molar-refractivity contribution in [2.24, 2.45) is 11.8 Å². The number of aromatic amines is 1. The largest absolute Gasteiger partial charge is 0.463 e. The third-order valence-electron chi connectivity index (χ3n) is 5.25. The Hall–Kier alpha value is -2.48. The van der Waals surface area contributed by atoms with Crippen molar-refractivity contribution in [2.45, 2.75) is 64.4 Å². The summed E-state index contributed by atoms with van der Waals surface area (Å²) in [5.41, 5.74) is 1.92. The number of H-pyrrole nitrogens is 1. The number of fused-ring (bicyclic) bond motifs is 1. The van der Waals surface area contributed by atoms with E-state index in [0.717, 1.165) is 16.5 Å². The second-order valence-corrected chi connectivity index (χ2v) is 9.45. The zero-order chi connectivity index (χ0) is 23.8. The molecular weight excluding hydrogens is 426 g/mol. The highest BCUT2D eigenvalue weighted by Crippen LogP contribution is 2.24. The van der Waals surface area contributed by atoms with Gasteiger partial charge in [0.1, 0.15) is 6.04 Å². The molecule has 1 heterocycles. The number of benzene rings is 1. The number of rotatable bonds is 11. The number of thiol groups is 1. The predicted molar refractivity (Wildman–Crippen MR) is 130 cm³/mol. The summed E-state index contributed by atoms with van der Waals surface area (Å²) in [4.78, 5) is 41.2. The van der Waals surface area contributed by atoms with Gasteiger partial charge in [0, 0.05) is 35.8 Å². The number of amides is 2. The molecule has 7 nitrogen and oxygen atoms in total. The van der Waals surface area contributed by atoms with Crippen molar-refractivity contribution in [3.8, 4) is 0 Å². The molecule has 3 N–H and O–H groups in total. The molecule has 2 amide bonds. The van der Waals surface area contributed by atoms with Gasteiger partial charge in [-0.25, -0.2) is 0 Å². The normalized spacial score (nSPS) is 14.2. The van der Waals surface area contributed by atoms with Crippen LogP contribution >= 0.6 is 12.6 Å². The van der Waals surface area contributed by atoms with Gasteiger partial charge >= 0.3 is 5.97 Å². The van der Waals surface area contributed by atoms with Crippen LogP contribution in [-0.4, -0.2) is 47.2 Å². The molecule has 2 rings (SSSR count). The summed E-state index contributed by atoms with van der Waals surface area (Å²) < 4.78 is 5.22. The molecule has 0 radical (unpaired) electrons. The van der Waals surface area contributed by atoms with E-state index in [1.807, 2.05) is 44.3 Å². The van der Waals surface area contributed by atoms with E-state index in [-0.39, 0.29) is 36.2 Å². The minimum atomic E-state index is -0.746. The van der Waals surface area contributed by atoms with E-state index in [4.69, 9.17) is 4.74 Å². The number of nitrogens with one attached hydrogen (secondary N) is 3. The number of para-hydroxylation sites is 1. The molecule has 176 valence electrons. The van der Waals surface area contributed by atoms with Gasteiger partial charge in [-0.3, -0.25) is 14.4 Å². The van der Waals surface area contributed by atoms with Crippen LogP contribution in [-0.2, 0) is 25.5 Å². The maximum atomic E-state index is 13.2. The van der Waals surface area contributed by atoms with Crippen molar-refractivity contribution in [2.75, 3.05) is 7.05 Å². The molecule has 0 saturated carbocycles. The van der Waals surface area contributed by atoms with Crippen LogP contribution in [0.15, 0.2) is 30.5 Å². The number of ether oxygens (including phenoxy) is 1. The quantitative estimate of drug-likeness (QED) is 0.305. The highest BCUT2D eigenvalue weighted by Gasteiger charge is 2.32. The first kappa shape index (κ1) is 25.8. The molecule has 0 fully saturated rings. The molecule has 0 aliphatic carbocycles. The molecule has 32 heavy (non-hydrogen) atoms.